The maximum atomic E-state index is 12.5. The van der Waals surface area contributed by atoms with E-state index >= 15 is 0 Å². The van der Waals surface area contributed by atoms with Crippen LogP contribution >= 0.6 is 11.6 Å². The lowest BCUT2D eigenvalue weighted by molar-refractivity contribution is -0.129. The summed E-state index contributed by atoms with van der Waals surface area (Å²) in [6, 6.07) is 17.4. The third-order valence-electron chi connectivity index (χ3n) is 4.61. The molecule has 0 N–H and O–H groups in total. The maximum absolute atomic E-state index is 12.5. The van der Waals surface area contributed by atoms with Crippen molar-refractivity contribution in [1.82, 2.24) is 14.7 Å². The summed E-state index contributed by atoms with van der Waals surface area (Å²) in [5.41, 5.74) is 3.56. The van der Waals surface area contributed by atoms with Gasteiger partial charge in [-0.05, 0) is 30.3 Å². The van der Waals surface area contributed by atoms with Crippen LogP contribution < -0.4 is 0 Å². The predicted molar refractivity (Wildman–Crippen MR) is 110 cm³/mol. The maximum Gasteiger partial charge on any atom is 0.246 e. The number of carbonyl (C=O) groups is 1. The van der Waals surface area contributed by atoms with Crippen LogP contribution in [0.15, 0.2) is 66.9 Å². The number of morpholine rings is 1. The van der Waals surface area contributed by atoms with Gasteiger partial charge in [0, 0.05) is 41.5 Å². The molecule has 0 saturated carbocycles. The van der Waals surface area contributed by atoms with Crippen molar-refractivity contribution in [1.29, 1.82) is 0 Å². The molecule has 142 valence electrons. The van der Waals surface area contributed by atoms with Crippen molar-refractivity contribution in [3.05, 3.63) is 77.5 Å². The molecule has 3 aromatic rings. The molecule has 6 heteroatoms. The molecule has 0 unspecified atom stereocenters. The van der Waals surface area contributed by atoms with E-state index < -0.39 is 0 Å². The fourth-order valence-corrected chi connectivity index (χ4v) is 3.23. The summed E-state index contributed by atoms with van der Waals surface area (Å²) in [6.45, 7) is 2.41. The van der Waals surface area contributed by atoms with Crippen molar-refractivity contribution >= 4 is 23.6 Å². The number of para-hydroxylation sites is 1. The molecule has 4 rings (SSSR count). The molecule has 1 amide bonds. The van der Waals surface area contributed by atoms with Crippen molar-refractivity contribution in [2.45, 2.75) is 0 Å². The molecule has 2 aromatic carbocycles. The SMILES string of the molecule is O=C(C=Cc1cn(-c2ccccc2)nc1-c1ccc(Cl)cc1)N1CCOCC1. The Morgan fingerprint density at radius 3 is 2.46 bits per heavy atom. The zero-order chi connectivity index (χ0) is 19.3. The first-order valence-corrected chi connectivity index (χ1v) is 9.54. The lowest BCUT2D eigenvalue weighted by atomic mass is 10.1. The molecule has 2 heterocycles. The van der Waals surface area contributed by atoms with Gasteiger partial charge in [-0.1, -0.05) is 41.9 Å². The summed E-state index contributed by atoms with van der Waals surface area (Å²) in [6.07, 6.45) is 5.37. The Morgan fingerprint density at radius 1 is 1.04 bits per heavy atom. The quantitative estimate of drug-likeness (QED) is 0.628. The van der Waals surface area contributed by atoms with E-state index in [4.69, 9.17) is 21.4 Å². The highest BCUT2D eigenvalue weighted by Gasteiger charge is 2.15. The molecule has 1 fully saturated rings. The number of rotatable bonds is 4. The van der Waals surface area contributed by atoms with Crippen LogP contribution in [0.4, 0.5) is 0 Å². The first kappa shape index (κ1) is 18.5. The van der Waals surface area contributed by atoms with Crippen LogP contribution in [0.2, 0.25) is 5.02 Å². The van der Waals surface area contributed by atoms with E-state index in [1.807, 2.05) is 71.6 Å². The molecule has 0 spiro atoms. The smallest absolute Gasteiger partial charge is 0.246 e. The van der Waals surface area contributed by atoms with E-state index in [-0.39, 0.29) is 5.91 Å². The molecular weight excluding hydrogens is 374 g/mol. The van der Waals surface area contributed by atoms with Crippen LogP contribution in [-0.4, -0.2) is 46.9 Å². The van der Waals surface area contributed by atoms with E-state index in [2.05, 4.69) is 0 Å². The standard InChI is InChI=1S/C22H20ClN3O2/c23-19-9-6-17(7-10-19)22-18(8-11-21(27)25-12-14-28-15-13-25)16-26(24-22)20-4-2-1-3-5-20/h1-11,16H,12-15H2. The molecule has 28 heavy (non-hydrogen) atoms. The highest BCUT2D eigenvalue weighted by molar-refractivity contribution is 6.30. The van der Waals surface area contributed by atoms with Gasteiger partial charge < -0.3 is 9.64 Å². The summed E-state index contributed by atoms with van der Waals surface area (Å²) in [5.74, 6) is -0.0159. The number of nitrogens with zero attached hydrogens (tertiary/aromatic N) is 3. The van der Waals surface area contributed by atoms with Gasteiger partial charge in [-0.3, -0.25) is 4.79 Å². The largest absolute Gasteiger partial charge is 0.378 e. The zero-order valence-electron chi connectivity index (χ0n) is 15.3. The lowest BCUT2D eigenvalue weighted by Crippen LogP contribution is -2.39. The second kappa shape index (κ2) is 8.42. The molecule has 0 bridgehead atoms. The van der Waals surface area contributed by atoms with Gasteiger partial charge in [0.15, 0.2) is 0 Å². The normalized spacial score (nSPS) is 14.5. The van der Waals surface area contributed by atoms with Crippen LogP contribution in [-0.2, 0) is 9.53 Å². The summed E-state index contributed by atoms with van der Waals surface area (Å²) >= 11 is 6.03. The predicted octanol–water partition coefficient (Wildman–Crippen LogP) is 4.06. The van der Waals surface area contributed by atoms with Crippen molar-refractivity contribution < 1.29 is 9.53 Å². The number of carbonyl (C=O) groups excluding carboxylic acids is 1. The molecule has 1 aliphatic heterocycles. The van der Waals surface area contributed by atoms with Gasteiger partial charge in [-0.2, -0.15) is 5.10 Å². The third kappa shape index (κ3) is 4.16. The molecule has 5 nitrogen and oxygen atoms in total. The molecule has 0 atom stereocenters. The molecule has 0 aliphatic carbocycles. The summed E-state index contributed by atoms with van der Waals surface area (Å²) in [5, 5.41) is 5.42. The Balaban J connectivity index is 1.67. The minimum absolute atomic E-state index is 0.0159. The lowest BCUT2D eigenvalue weighted by Gasteiger charge is -2.25. The van der Waals surface area contributed by atoms with Gasteiger partial charge in [-0.15, -0.1) is 0 Å². The van der Waals surface area contributed by atoms with Crippen LogP contribution in [0.5, 0.6) is 0 Å². The number of halogens is 1. The topological polar surface area (TPSA) is 47.4 Å². The number of amides is 1. The van der Waals surface area contributed by atoms with Crippen molar-refractivity contribution in [3.8, 4) is 16.9 Å². The van der Waals surface area contributed by atoms with E-state index in [9.17, 15) is 4.79 Å². The van der Waals surface area contributed by atoms with E-state index in [0.717, 1.165) is 22.5 Å². The Morgan fingerprint density at radius 2 is 1.75 bits per heavy atom. The molecule has 1 saturated heterocycles. The van der Waals surface area contributed by atoms with Crippen LogP contribution in [0.25, 0.3) is 23.0 Å². The summed E-state index contributed by atoms with van der Waals surface area (Å²) < 4.78 is 7.13. The third-order valence-corrected chi connectivity index (χ3v) is 4.86. The minimum atomic E-state index is -0.0159. The second-order valence-corrected chi connectivity index (χ2v) is 6.93. The molecule has 1 aromatic heterocycles. The Labute approximate surface area is 168 Å². The average Bonchev–Trinajstić information content (AvgIpc) is 3.18. The molecule has 0 radical (unpaired) electrons. The van der Waals surface area contributed by atoms with Gasteiger partial charge in [0.05, 0.1) is 24.6 Å². The number of aromatic nitrogens is 2. The first-order chi connectivity index (χ1) is 13.7. The summed E-state index contributed by atoms with van der Waals surface area (Å²) in [4.78, 5) is 14.3. The second-order valence-electron chi connectivity index (χ2n) is 6.49. The van der Waals surface area contributed by atoms with E-state index in [1.165, 1.54) is 0 Å². The average molecular weight is 394 g/mol. The Bertz CT molecular complexity index is 975. The number of ether oxygens (including phenoxy) is 1. The Hall–Kier alpha value is -2.89. The van der Waals surface area contributed by atoms with Gasteiger partial charge >= 0.3 is 0 Å². The Kier molecular flexibility index (Phi) is 5.55. The molecular formula is C22H20ClN3O2. The van der Waals surface area contributed by atoms with Crippen LogP contribution in [0.3, 0.4) is 0 Å². The highest BCUT2D eigenvalue weighted by atomic mass is 35.5. The van der Waals surface area contributed by atoms with Crippen LogP contribution in [0, 0.1) is 0 Å². The first-order valence-electron chi connectivity index (χ1n) is 9.16. The number of hydrogen-bond donors (Lipinski definition) is 0. The van der Waals surface area contributed by atoms with E-state index in [0.29, 0.717) is 31.3 Å². The van der Waals surface area contributed by atoms with Crippen molar-refractivity contribution in [2.24, 2.45) is 0 Å². The number of benzene rings is 2. The van der Waals surface area contributed by atoms with Gasteiger partial charge in [0.2, 0.25) is 5.91 Å². The highest BCUT2D eigenvalue weighted by Crippen LogP contribution is 2.26. The fourth-order valence-electron chi connectivity index (χ4n) is 3.10. The number of hydrogen-bond acceptors (Lipinski definition) is 3. The fraction of sp³-hybridized carbons (Fsp3) is 0.182. The monoisotopic (exact) mass is 393 g/mol. The van der Waals surface area contributed by atoms with Gasteiger partial charge in [0.1, 0.15) is 0 Å². The van der Waals surface area contributed by atoms with E-state index in [1.54, 1.807) is 11.0 Å². The molecule has 1 aliphatic rings. The van der Waals surface area contributed by atoms with Gasteiger partial charge in [0.25, 0.3) is 0 Å². The van der Waals surface area contributed by atoms with Crippen molar-refractivity contribution in [3.63, 3.8) is 0 Å². The van der Waals surface area contributed by atoms with Crippen LogP contribution in [0.1, 0.15) is 5.56 Å². The minimum Gasteiger partial charge on any atom is -0.378 e. The van der Waals surface area contributed by atoms with Crippen molar-refractivity contribution in [2.75, 3.05) is 26.3 Å². The summed E-state index contributed by atoms with van der Waals surface area (Å²) in [7, 11) is 0. The van der Waals surface area contributed by atoms with Gasteiger partial charge in [-0.25, -0.2) is 4.68 Å². The zero-order valence-corrected chi connectivity index (χ0v) is 16.0.